The Morgan fingerprint density at radius 2 is 2.14 bits per heavy atom. The Hall–Kier alpha value is -0.410. The minimum absolute atomic E-state index is 0.101. The molecule has 0 spiro atoms. The fourth-order valence-corrected chi connectivity index (χ4v) is 3.11. The fourth-order valence-electron chi connectivity index (χ4n) is 2.10. The molecular weight excluding hydrogens is 192 g/mol. The van der Waals surface area contributed by atoms with Crippen LogP contribution in [-0.2, 0) is 12.0 Å². The summed E-state index contributed by atoms with van der Waals surface area (Å²) in [5, 5.41) is 1.16. The second-order valence-electron chi connectivity index (χ2n) is 4.20. The van der Waals surface area contributed by atoms with Crippen LogP contribution in [0.2, 0.25) is 0 Å². The third-order valence-corrected chi connectivity index (χ3v) is 4.44. The first kappa shape index (κ1) is 10.1. The molecule has 1 aromatic rings. The van der Waals surface area contributed by atoms with Gasteiger partial charge in [0.05, 0.1) is 5.54 Å². The van der Waals surface area contributed by atoms with Crippen LogP contribution in [0.25, 0.3) is 0 Å². The summed E-state index contributed by atoms with van der Waals surface area (Å²) in [5.74, 6) is 0. The van der Waals surface area contributed by atoms with E-state index in [0.29, 0.717) is 0 Å². The molecule has 2 rings (SSSR count). The minimum atomic E-state index is -0.101. The van der Waals surface area contributed by atoms with E-state index in [1.807, 2.05) is 6.20 Å². The molecule has 0 radical (unpaired) electrons. The van der Waals surface area contributed by atoms with Gasteiger partial charge in [0.2, 0.25) is 0 Å². The molecule has 0 unspecified atom stereocenters. The number of nitrogens with zero attached hydrogens (tertiary/aromatic N) is 1. The summed E-state index contributed by atoms with van der Waals surface area (Å²) < 4.78 is 0. The first-order valence-corrected chi connectivity index (χ1v) is 6.30. The van der Waals surface area contributed by atoms with E-state index in [-0.39, 0.29) is 5.54 Å². The summed E-state index contributed by atoms with van der Waals surface area (Å²) in [6.07, 6.45) is 9.16. The van der Waals surface area contributed by atoms with Crippen LogP contribution < -0.4 is 5.73 Å². The van der Waals surface area contributed by atoms with E-state index in [0.717, 1.165) is 24.3 Å². The number of hydrogen-bond donors (Lipinski definition) is 1. The lowest BCUT2D eigenvalue weighted by molar-refractivity contribution is 0.301. The highest BCUT2D eigenvalue weighted by molar-refractivity contribution is 7.11. The standard InChI is InChI=1S/C11H18N2S/c1-2-9-8-13-10(14-9)11(12)6-4-3-5-7-11/h8H,2-7,12H2,1H3. The third kappa shape index (κ3) is 1.84. The van der Waals surface area contributed by atoms with Crippen LogP contribution in [-0.4, -0.2) is 4.98 Å². The van der Waals surface area contributed by atoms with E-state index in [9.17, 15) is 0 Å². The molecular formula is C11H18N2S. The maximum Gasteiger partial charge on any atom is 0.113 e. The number of aryl methyl sites for hydroxylation is 1. The van der Waals surface area contributed by atoms with Gasteiger partial charge in [-0.05, 0) is 19.3 Å². The molecule has 0 aliphatic heterocycles. The summed E-state index contributed by atoms with van der Waals surface area (Å²) in [6.45, 7) is 2.17. The summed E-state index contributed by atoms with van der Waals surface area (Å²) in [4.78, 5) is 5.83. The first-order valence-electron chi connectivity index (χ1n) is 5.49. The van der Waals surface area contributed by atoms with Crippen molar-refractivity contribution in [1.82, 2.24) is 4.98 Å². The lowest BCUT2D eigenvalue weighted by Crippen LogP contribution is -2.38. The fraction of sp³-hybridized carbons (Fsp3) is 0.727. The molecule has 0 aromatic carbocycles. The molecule has 1 aromatic heterocycles. The zero-order valence-electron chi connectivity index (χ0n) is 8.75. The van der Waals surface area contributed by atoms with Gasteiger partial charge in [0.25, 0.3) is 0 Å². The lowest BCUT2D eigenvalue weighted by atomic mass is 9.83. The van der Waals surface area contributed by atoms with Crippen molar-refractivity contribution in [3.05, 3.63) is 16.1 Å². The molecule has 0 bridgehead atoms. The van der Waals surface area contributed by atoms with Crippen molar-refractivity contribution in [3.63, 3.8) is 0 Å². The van der Waals surface area contributed by atoms with Crippen LogP contribution in [0.3, 0.4) is 0 Å². The van der Waals surface area contributed by atoms with Crippen LogP contribution in [0, 0.1) is 0 Å². The molecule has 2 N–H and O–H groups in total. The highest BCUT2D eigenvalue weighted by Crippen LogP contribution is 2.36. The van der Waals surface area contributed by atoms with E-state index in [2.05, 4.69) is 11.9 Å². The van der Waals surface area contributed by atoms with E-state index in [1.54, 1.807) is 11.3 Å². The number of thiazole rings is 1. The monoisotopic (exact) mass is 210 g/mol. The zero-order valence-corrected chi connectivity index (χ0v) is 9.57. The molecule has 0 saturated heterocycles. The average Bonchev–Trinajstić information content (AvgIpc) is 2.67. The maximum atomic E-state index is 6.40. The Labute approximate surface area is 89.5 Å². The second-order valence-corrected chi connectivity index (χ2v) is 5.32. The van der Waals surface area contributed by atoms with Crippen LogP contribution >= 0.6 is 11.3 Å². The highest BCUT2D eigenvalue weighted by Gasteiger charge is 2.32. The Balaban J connectivity index is 2.19. The predicted octanol–water partition coefficient (Wildman–Crippen LogP) is 2.82. The van der Waals surface area contributed by atoms with Gasteiger partial charge >= 0.3 is 0 Å². The van der Waals surface area contributed by atoms with Crippen LogP contribution in [0.1, 0.15) is 48.9 Å². The van der Waals surface area contributed by atoms with Gasteiger partial charge in [0, 0.05) is 11.1 Å². The highest BCUT2D eigenvalue weighted by atomic mass is 32.1. The quantitative estimate of drug-likeness (QED) is 0.815. The van der Waals surface area contributed by atoms with Gasteiger partial charge in [-0.15, -0.1) is 11.3 Å². The predicted molar refractivity (Wildman–Crippen MR) is 60.4 cm³/mol. The van der Waals surface area contributed by atoms with Gasteiger partial charge in [0.1, 0.15) is 5.01 Å². The lowest BCUT2D eigenvalue weighted by Gasteiger charge is -2.31. The summed E-state index contributed by atoms with van der Waals surface area (Å²) in [5.41, 5.74) is 6.30. The van der Waals surface area contributed by atoms with E-state index < -0.39 is 0 Å². The van der Waals surface area contributed by atoms with Crippen molar-refractivity contribution in [3.8, 4) is 0 Å². The summed E-state index contributed by atoms with van der Waals surface area (Å²) >= 11 is 1.80. The van der Waals surface area contributed by atoms with Gasteiger partial charge in [0.15, 0.2) is 0 Å². The number of aromatic nitrogens is 1. The molecule has 78 valence electrons. The number of nitrogens with two attached hydrogens (primary N) is 1. The molecule has 3 heteroatoms. The molecule has 0 amide bonds. The van der Waals surface area contributed by atoms with Crippen molar-refractivity contribution in [2.75, 3.05) is 0 Å². The maximum absolute atomic E-state index is 6.40. The Morgan fingerprint density at radius 3 is 2.71 bits per heavy atom. The van der Waals surface area contributed by atoms with Crippen LogP contribution in [0.15, 0.2) is 6.20 Å². The number of rotatable bonds is 2. The molecule has 2 nitrogen and oxygen atoms in total. The zero-order chi connectivity index (χ0) is 10.0. The molecule has 14 heavy (non-hydrogen) atoms. The van der Waals surface area contributed by atoms with E-state index in [4.69, 9.17) is 5.73 Å². The van der Waals surface area contributed by atoms with Gasteiger partial charge in [-0.2, -0.15) is 0 Å². The molecule has 1 heterocycles. The van der Waals surface area contributed by atoms with Gasteiger partial charge in [-0.3, -0.25) is 0 Å². The molecule has 0 atom stereocenters. The van der Waals surface area contributed by atoms with Crippen molar-refractivity contribution >= 4 is 11.3 Å². The van der Waals surface area contributed by atoms with Crippen LogP contribution in [0.5, 0.6) is 0 Å². The minimum Gasteiger partial charge on any atom is -0.319 e. The first-order chi connectivity index (χ1) is 6.74. The summed E-state index contributed by atoms with van der Waals surface area (Å²) in [7, 11) is 0. The molecule has 1 aliphatic carbocycles. The largest absolute Gasteiger partial charge is 0.319 e. The molecule has 1 saturated carbocycles. The van der Waals surface area contributed by atoms with Gasteiger partial charge in [-0.25, -0.2) is 4.98 Å². The van der Waals surface area contributed by atoms with Crippen molar-refractivity contribution in [1.29, 1.82) is 0 Å². The topological polar surface area (TPSA) is 38.9 Å². The SMILES string of the molecule is CCc1cnc(C2(N)CCCCC2)s1. The third-order valence-electron chi connectivity index (χ3n) is 3.07. The average molecular weight is 210 g/mol. The van der Waals surface area contributed by atoms with Crippen molar-refractivity contribution in [2.45, 2.75) is 51.0 Å². The summed E-state index contributed by atoms with van der Waals surface area (Å²) in [6, 6.07) is 0. The molecule has 1 aliphatic rings. The van der Waals surface area contributed by atoms with Crippen molar-refractivity contribution < 1.29 is 0 Å². The van der Waals surface area contributed by atoms with Crippen LogP contribution in [0.4, 0.5) is 0 Å². The Bertz CT molecular complexity index is 300. The Morgan fingerprint density at radius 1 is 1.43 bits per heavy atom. The van der Waals surface area contributed by atoms with Gasteiger partial charge < -0.3 is 5.73 Å². The molecule has 1 fully saturated rings. The number of hydrogen-bond acceptors (Lipinski definition) is 3. The van der Waals surface area contributed by atoms with Crippen molar-refractivity contribution in [2.24, 2.45) is 5.73 Å². The second kappa shape index (κ2) is 3.99. The normalized spacial score (nSPS) is 21.0. The van der Waals surface area contributed by atoms with Gasteiger partial charge in [-0.1, -0.05) is 26.2 Å². The van der Waals surface area contributed by atoms with E-state index >= 15 is 0 Å². The Kier molecular flexibility index (Phi) is 2.88. The smallest absolute Gasteiger partial charge is 0.113 e. The van der Waals surface area contributed by atoms with E-state index in [1.165, 1.54) is 24.1 Å².